The normalized spacial score (nSPS) is 20.5. The molecule has 1 aliphatic carbocycles. The van der Waals surface area contributed by atoms with Crippen LogP contribution in [0.2, 0.25) is 0 Å². The second kappa shape index (κ2) is 10.0. The summed E-state index contributed by atoms with van der Waals surface area (Å²) in [6, 6.07) is 5.38. The van der Waals surface area contributed by atoms with Crippen LogP contribution in [0.3, 0.4) is 0 Å². The number of nitro benzene ring substituents is 1. The maximum atomic E-state index is 13.0. The monoisotopic (exact) mass is 453 g/mol. The van der Waals surface area contributed by atoms with Crippen molar-refractivity contribution in [2.45, 2.75) is 51.1 Å². The number of carbonyl (C=O) groups excluding carboxylic acids is 1. The van der Waals surface area contributed by atoms with Crippen molar-refractivity contribution in [3.8, 4) is 0 Å². The molecule has 0 bridgehead atoms. The molecule has 3 rings (SSSR count). The Labute approximate surface area is 183 Å². The number of nitro groups is 1. The third-order valence-corrected chi connectivity index (χ3v) is 8.35. The number of nitrogens with zero attached hydrogens (tertiary/aromatic N) is 4. The molecule has 172 valence electrons. The summed E-state index contributed by atoms with van der Waals surface area (Å²) in [6.07, 6.45) is 5.11. The first kappa shape index (κ1) is 23.6. The molecule has 2 fully saturated rings. The molecule has 0 aromatic heterocycles. The van der Waals surface area contributed by atoms with Gasteiger partial charge in [-0.25, -0.2) is 0 Å². The molecule has 0 spiro atoms. The van der Waals surface area contributed by atoms with Gasteiger partial charge >= 0.3 is 0 Å². The molecule has 1 N–H and O–H groups in total. The Kier molecular flexibility index (Phi) is 7.63. The Hall–Kier alpha value is -2.08. The lowest BCUT2D eigenvalue weighted by atomic mass is 9.96. The van der Waals surface area contributed by atoms with Crippen molar-refractivity contribution in [2.24, 2.45) is 0 Å². The number of hydrogen-bond acceptors (Lipinski definition) is 6. The number of non-ortho nitro benzene ring substituents is 1. The number of nitrogens with one attached hydrogen (secondary N) is 1. The van der Waals surface area contributed by atoms with Crippen molar-refractivity contribution < 1.29 is 18.1 Å². The first-order valence-electron chi connectivity index (χ1n) is 10.7. The van der Waals surface area contributed by atoms with Crippen LogP contribution in [0, 0.1) is 10.1 Å². The van der Waals surface area contributed by atoms with Gasteiger partial charge in [0.2, 0.25) is 5.91 Å². The largest absolute Gasteiger partial charge is 0.324 e. The summed E-state index contributed by atoms with van der Waals surface area (Å²) in [5.41, 5.74) is 0.271. The Morgan fingerprint density at radius 1 is 1.19 bits per heavy atom. The first-order valence-corrected chi connectivity index (χ1v) is 12.1. The number of benzene rings is 1. The molecule has 0 radical (unpaired) electrons. The summed E-state index contributed by atoms with van der Waals surface area (Å²) in [5.74, 6) is -0.281. The van der Waals surface area contributed by atoms with E-state index >= 15 is 0 Å². The molecule has 1 saturated carbocycles. The molecule has 1 saturated heterocycles. The van der Waals surface area contributed by atoms with E-state index in [-0.39, 0.29) is 17.6 Å². The van der Waals surface area contributed by atoms with Crippen LogP contribution in [0.25, 0.3) is 0 Å². The predicted molar refractivity (Wildman–Crippen MR) is 118 cm³/mol. The number of hydrogen-bond donors (Lipinski definition) is 1. The summed E-state index contributed by atoms with van der Waals surface area (Å²) in [4.78, 5) is 25.0. The lowest BCUT2D eigenvalue weighted by Crippen LogP contribution is -2.57. The van der Waals surface area contributed by atoms with E-state index in [1.807, 2.05) is 4.90 Å². The van der Waals surface area contributed by atoms with Crippen molar-refractivity contribution in [1.29, 1.82) is 0 Å². The van der Waals surface area contributed by atoms with Gasteiger partial charge in [0, 0.05) is 57.1 Å². The number of anilines is 1. The highest BCUT2D eigenvalue weighted by atomic mass is 32.2. The Balaban J connectivity index is 1.55. The van der Waals surface area contributed by atoms with E-state index in [4.69, 9.17) is 0 Å². The van der Waals surface area contributed by atoms with Crippen LogP contribution in [0.5, 0.6) is 0 Å². The molecule has 1 amide bonds. The fourth-order valence-electron chi connectivity index (χ4n) is 4.25. The Morgan fingerprint density at radius 3 is 2.45 bits per heavy atom. The minimum Gasteiger partial charge on any atom is -0.324 e. The van der Waals surface area contributed by atoms with E-state index in [1.54, 1.807) is 20.0 Å². The maximum Gasteiger partial charge on any atom is 0.282 e. The van der Waals surface area contributed by atoms with Crippen LogP contribution in [-0.4, -0.2) is 78.1 Å². The molecule has 10 nitrogen and oxygen atoms in total. The quantitative estimate of drug-likeness (QED) is 0.499. The van der Waals surface area contributed by atoms with Gasteiger partial charge in [-0.05, 0) is 25.8 Å². The highest BCUT2D eigenvalue weighted by Crippen LogP contribution is 2.25. The molecular formula is C20H31N5O5S. The molecule has 1 aromatic rings. The second-order valence-corrected chi connectivity index (χ2v) is 10.2. The van der Waals surface area contributed by atoms with Gasteiger partial charge in [-0.3, -0.25) is 19.8 Å². The second-order valence-electron chi connectivity index (χ2n) is 8.22. The molecule has 1 aromatic carbocycles. The zero-order valence-electron chi connectivity index (χ0n) is 18.1. The number of piperazine rings is 1. The Morgan fingerprint density at radius 2 is 1.84 bits per heavy atom. The molecule has 1 aliphatic heterocycles. The van der Waals surface area contributed by atoms with Gasteiger partial charge in [-0.1, -0.05) is 25.3 Å². The van der Waals surface area contributed by atoms with Gasteiger partial charge in [0.25, 0.3) is 15.9 Å². The van der Waals surface area contributed by atoms with Crippen LogP contribution in [0.4, 0.5) is 11.4 Å². The van der Waals surface area contributed by atoms with Gasteiger partial charge < -0.3 is 5.32 Å². The molecule has 1 heterocycles. The smallest absolute Gasteiger partial charge is 0.282 e. The van der Waals surface area contributed by atoms with Gasteiger partial charge in [-0.2, -0.15) is 17.0 Å². The summed E-state index contributed by atoms with van der Waals surface area (Å²) in [7, 11) is -1.84. The highest BCUT2D eigenvalue weighted by molar-refractivity contribution is 7.86. The first-order chi connectivity index (χ1) is 14.7. The third-order valence-electron chi connectivity index (χ3n) is 6.30. The van der Waals surface area contributed by atoms with Crippen LogP contribution >= 0.6 is 0 Å². The van der Waals surface area contributed by atoms with Crippen molar-refractivity contribution in [1.82, 2.24) is 13.5 Å². The van der Waals surface area contributed by atoms with Gasteiger partial charge in [0.05, 0.1) is 11.0 Å². The van der Waals surface area contributed by atoms with Gasteiger partial charge in [0.1, 0.15) is 0 Å². The minimum absolute atomic E-state index is 0.0661. The lowest BCUT2D eigenvalue weighted by Gasteiger charge is -2.40. The zero-order valence-corrected chi connectivity index (χ0v) is 18.9. The molecule has 1 unspecified atom stereocenters. The van der Waals surface area contributed by atoms with Crippen LogP contribution < -0.4 is 5.32 Å². The molecule has 1 atom stereocenters. The molecule has 2 aliphatic rings. The summed E-state index contributed by atoms with van der Waals surface area (Å²) in [6.45, 7) is 3.30. The molecule has 11 heteroatoms. The fraction of sp³-hybridized carbons (Fsp3) is 0.650. The van der Waals surface area contributed by atoms with Crippen LogP contribution in [-0.2, 0) is 15.0 Å². The van der Waals surface area contributed by atoms with E-state index in [9.17, 15) is 23.3 Å². The van der Waals surface area contributed by atoms with E-state index in [0.717, 1.165) is 25.7 Å². The standard InChI is InChI=1S/C20H31N5O5S/c1-16(20(26)21-17-7-6-10-19(15-17)25(27)28)23-11-13-24(14-12-23)31(29,30)22(2)18-8-4-3-5-9-18/h6-7,10,15-16,18H,3-5,8-9,11-14H2,1-2H3,(H,21,26). The summed E-state index contributed by atoms with van der Waals surface area (Å²) < 4.78 is 29.1. The zero-order chi connectivity index (χ0) is 22.6. The summed E-state index contributed by atoms with van der Waals surface area (Å²) >= 11 is 0. The lowest BCUT2D eigenvalue weighted by molar-refractivity contribution is -0.384. The Bertz CT molecular complexity index is 895. The minimum atomic E-state index is -3.52. The van der Waals surface area contributed by atoms with Crippen LogP contribution in [0.15, 0.2) is 24.3 Å². The average Bonchev–Trinajstić information content (AvgIpc) is 2.78. The van der Waals surface area contributed by atoms with Crippen molar-refractivity contribution in [3.05, 3.63) is 34.4 Å². The number of carbonyl (C=O) groups is 1. The molecular weight excluding hydrogens is 422 g/mol. The highest BCUT2D eigenvalue weighted by Gasteiger charge is 2.36. The third kappa shape index (κ3) is 5.59. The van der Waals surface area contributed by atoms with Crippen molar-refractivity contribution in [2.75, 3.05) is 38.5 Å². The van der Waals surface area contributed by atoms with E-state index in [0.29, 0.717) is 31.9 Å². The van der Waals surface area contributed by atoms with Crippen molar-refractivity contribution >= 4 is 27.5 Å². The van der Waals surface area contributed by atoms with E-state index in [1.165, 1.54) is 33.2 Å². The number of amides is 1. The van der Waals surface area contributed by atoms with Crippen LogP contribution in [0.1, 0.15) is 39.0 Å². The molecule has 31 heavy (non-hydrogen) atoms. The maximum absolute atomic E-state index is 13.0. The van der Waals surface area contributed by atoms with E-state index < -0.39 is 21.2 Å². The van der Waals surface area contributed by atoms with Gasteiger partial charge in [0.15, 0.2) is 0 Å². The SMILES string of the molecule is CC(C(=O)Nc1cccc([N+](=O)[O-])c1)N1CCN(S(=O)(=O)N(C)C2CCCCC2)CC1. The topological polar surface area (TPSA) is 116 Å². The number of rotatable bonds is 7. The van der Waals surface area contributed by atoms with Crippen molar-refractivity contribution in [3.63, 3.8) is 0 Å². The van der Waals surface area contributed by atoms with E-state index in [2.05, 4.69) is 5.32 Å². The predicted octanol–water partition coefficient (Wildman–Crippen LogP) is 2.05. The van der Waals surface area contributed by atoms with Gasteiger partial charge in [-0.15, -0.1) is 0 Å². The summed E-state index contributed by atoms with van der Waals surface area (Å²) in [5, 5.41) is 13.6. The average molecular weight is 454 g/mol. The fourth-order valence-corrected chi connectivity index (χ4v) is 5.82.